The van der Waals surface area contributed by atoms with Gasteiger partial charge in [0.05, 0.1) is 0 Å². The molecule has 0 radical (unpaired) electrons. The summed E-state index contributed by atoms with van der Waals surface area (Å²) in [6, 6.07) is 4.24. The van der Waals surface area contributed by atoms with Gasteiger partial charge in [-0.25, -0.2) is 4.98 Å². The number of nitrogens with one attached hydrogen (secondary N) is 1. The van der Waals surface area contributed by atoms with Crippen molar-refractivity contribution in [3.8, 4) is 0 Å². The zero-order valence-corrected chi connectivity index (χ0v) is 13.3. The second-order valence-electron chi connectivity index (χ2n) is 5.85. The first-order valence-corrected chi connectivity index (χ1v) is 8.26. The molecule has 0 aliphatic heterocycles. The molecule has 116 valence electrons. The molecule has 0 aromatic carbocycles. The van der Waals surface area contributed by atoms with Gasteiger partial charge < -0.3 is 10.2 Å². The Kier molecular flexibility index (Phi) is 6.03. The van der Waals surface area contributed by atoms with E-state index in [0.29, 0.717) is 6.04 Å². The van der Waals surface area contributed by atoms with Crippen LogP contribution in [0, 0.1) is 0 Å². The third kappa shape index (κ3) is 4.45. The van der Waals surface area contributed by atoms with Crippen LogP contribution in [0.2, 0.25) is 0 Å². The third-order valence-corrected chi connectivity index (χ3v) is 3.99. The third-order valence-electron chi connectivity index (χ3n) is 3.99. The molecule has 21 heavy (non-hydrogen) atoms. The number of anilines is 1. The normalized spacial score (nSPS) is 15.1. The maximum atomic E-state index is 12.6. The highest BCUT2D eigenvalue weighted by Crippen LogP contribution is 2.22. The highest BCUT2D eigenvalue weighted by atomic mass is 16.2. The fraction of sp³-hybridized carbons (Fsp3) is 0.647. The van der Waals surface area contributed by atoms with E-state index in [4.69, 9.17) is 0 Å². The van der Waals surface area contributed by atoms with Crippen LogP contribution >= 0.6 is 0 Å². The van der Waals surface area contributed by atoms with Crippen molar-refractivity contribution in [2.24, 2.45) is 0 Å². The average molecular weight is 289 g/mol. The molecule has 1 aliphatic rings. The van der Waals surface area contributed by atoms with Gasteiger partial charge >= 0.3 is 0 Å². The molecule has 4 heteroatoms. The Bertz CT molecular complexity index is 449. The van der Waals surface area contributed by atoms with Crippen LogP contribution in [0.4, 0.5) is 5.82 Å². The first-order valence-electron chi connectivity index (χ1n) is 8.26. The minimum absolute atomic E-state index is 0.121. The molecule has 0 unspecified atom stereocenters. The molecule has 1 aromatic rings. The summed E-state index contributed by atoms with van der Waals surface area (Å²) in [6.45, 7) is 5.85. The number of nitrogens with zero attached hydrogens (tertiary/aromatic N) is 2. The van der Waals surface area contributed by atoms with Crippen molar-refractivity contribution >= 4 is 11.7 Å². The van der Waals surface area contributed by atoms with Crippen molar-refractivity contribution in [1.82, 2.24) is 9.88 Å². The molecule has 0 saturated heterocycles. The van der Waals surface area contributed by atoms with Crippen LogP contribution in [0.25, 0.3) is 0 Å². The number of amides is 1. The van der Waals surface area contributed by atoms with Crippen LogP contribution in [-0.4, -0.2) is 34.9 Å². The lowest BCUT2D eigenvalue weighted by Gasteiger charge is -2.22. The lowest BCUT2D eigenvalue weighted by Crippen LogP contribution is -2.32. The van der Waals surface area contributed by atoms with Gasteiger partial charge in [-0.2, -0.15) is 0 Å². The Hall–Kier alpha value is -1.58. The maximum absolute atomic E-state index is 12.6. The van der Waals surface area contributed by atoms with Crippen LogP contribution < -0.4 is 5.32 Å². The predicted molar refractivity (Wildman–Crippen MR) is 86.6 cm³/mol. The van der Waals surface area contributed by atoms with Gasteiger partial charge in [-0.3, -0.25) is 4.79 Å². The van der Waals surface area contributed by atoms with E-state index in [1.54, 1.807) is 6.20 Å². The summed E-state index contributed by atoms with van der Waals surface area (Å²) in [5.41, 5.74) is 0.743. The molecule has 1 amide bonds. The smallest absolute Gasteiger partial charge is 0.254 e. The zero-order valence-electron chi connectivity index (χ0n) is 13.3. The number of hydrogen-bond acceptors (Lipinski definition) is 3. The molecule has 0 atom stereocenters. The van der Waals surface area contributed by atoms with Crippen molar-refractivity contribution < 1.29 is 4.79 Å². The number of pyridine rings is 1. The number of carbonyl (C=O) groups is 1. The zero-order chi connectivity index (χ0) is 15.1. The standard InChI is InChI=1S/C17H27N3O/c1-3-11-20(12-4-2)17(21)14-9-10-18-16(13-14)19-15-7-5-6-8-15/h9-10,13,15H,3-8,11-12H2,1-2H3,(H,18,19). The van der Waals surface area contributed by atoms with Gasteiger partial charge in [-0.15, -0.1) is 0 Å². The molecule has 4 nitrogen and oxygen atoms in total. The molecular weight excluding hydrogens is 262 g/mol. The summed E-state index contributed by atoms with van der Waals surface area (Å²) in [6.07, 6.45) is 8.71. The topological polar surface area (TPSA) is 45.2 Å². The van der Waals surface area contributed by atoms with Gasteiger partial charge in [-0.05, 0) is 37.8 Å². The molecule has 1 aromatic heterocycles. The summed E-state index contributed by atoms with van der Waals surface area (Å²) in [4.78, 5) is 18.9. The van der Waals surface area contributed by atoms with Crippen molar-refractivity contribution in [3.05, 3.63) is 23.9 Å². The van der Waals surface area contributed by atoms with Crippen molar-refractivity contribution in [1.29, 1.82) is 0 Å². The molecule has 1 saturated carbocycles. The van der Waals surface area contributed by atoms with Crippen LogP contribution in [0.5, 0.6) is 0 Å². The Morgan fingerprint density at radius 2 is 1.95 bits per heavy atom. The van der Waals surface area contributed by atoms with Crippen LogP contribution in [0.15, 0.2) is 18.3 Å². The van der Waals surface area contributed by atoms with Crippen LogP contribution in [0.1, 0.15) is 62.7 Å². The Morgan fingerprint density at radius 3 is 2.57 bits per heavy atom. The molecule has 1 aliphatic carbocycles. The first-order chi connectivity index (χ1) is 10.2. The van der Waals surface area contributed by atoms with Crippen molar-refractivity contribution in [2.45, 2.75) is 58.4 Å². The molecule has 1 fully saturated rings. The van der Waals surface area contributed by atoms with E-state index >= 15 is 0 Å². The van der Waals surface area contributed by atoms with Gasteiger partial charge in [0.15, 0.2) is 0 Å². The van der Waals surface area contributed by atoms with Gasteiger partial charge in [0.1, 0.15) is 5.82 Å². The quantitative estimate of drug-likeness (QED) is 0.832. The number of carbonyl (C=O) groups excluding carboxylic acids is 1. The minimum atomic E-state index is 0.121. The summed E-state index contributed by atoms with van der Waals surface area (Å²) in [5, 5.41) is 3.46. The second-order valence-corrected chi connectivity index (χ2v) is 5.85. The predicted octanol–water partition coefficient (Wildman–Crippen LogP) is 3.70. The summed E-state index contributed by atoms with van der Waals surface area (Å²) in [5.74, 6) is 0.955. The summed E-state index contributed by atoms with van der Waals surface area (Å²) in [7, 11) is 0. The van der Waals surface area contributed by atoms with Crippen molar-refractivity contribution in [2.75, 3.05) is 18.4 Å². The van der Waals surface area contributed by atoms with E-state index < -0.39 is 0 Å². The highest BCUT2D eigenvalue weighted by Gasteiger charge is 2.17. The van der Waals surface area contributed by atoms with E-state index in [1.165, 1.54) is 25.7 Å². The molecule has 2 rings (SSSR count). The maximum Gasteiger partial charge on any atom is 0.254 e. The Morgan fingerprint density at radius 1 is 1.29 bits per heavy atom. The molecule has 1 heterocycles. The van der Waals surface area contributed by atoms with Crippen LogP contribution in [0.3, 0.4) is 0 Å². The molecular formula is C17H27N3O. The summed E-state index contributed by atoms with van der Waals surface area (Å²) < 4.78 is 0. The van der Waals surface area contributed by atoms with Gasteiger partial charge in [0.2, 0.25) is 0 Å². The van der Waals surface area contributed by atoms with E-state index in [1.807, 2.05) is 17.0 Å². The molecule has 0 bridgehead atoms. The van der Waals surface area contributed by atoms with E-state index in [-0.39, 0.29) is 5.91 Å². The second kappa shape index (κ2) is 8.01. The van der Waals surface area contributed by atoms with E-state index in [9.17, 15) is 4.79 Å². The Labute approximate surface area is 127 Å². The van der Waals surface area contributed by atoms with Crippen molar-refractivity contribution in [3.63, 3.8) is 0 Å². The number of aromatic nitrogens is 1. The van der Waals surface area contributed by atoms with Gasteiger partial charge in [0.25, 0.3) is 5.91 Å². The largest absolute Gasteiger partial charge is 0.367 e. The first kappa shape index (κ1) is 15.8. The molecule has 0 spiro atoms. The van der Waals surface area contributed by atoms with E-state index in [2.05, 4.69) is 24.1 Å². The Balaban J connectivity index is 2.05. The average Bonchev–Trinajstić information content (AvgIpc) is 2.99. The van der Waals surface area contributed by atoms with Gasteiger partial charge in [-0.1, -0.05) is 26.7 Å². The lowest BCUT2D eigenvalue weighted by molar-refractivity contribution is 0.0755. The minimum Gasteiger partial charge on any atom is -0.367 e. The van der Waals surface area contributed by atoms with Crippen LogP contribution in [-0.2, 0) is 0 Å². The fourth-order valence-electron chi connectivity index (χ4n) is 2.96. The van der Waals surface area contributed by atoms with Gasteiger partial charge in [0, 0.05) is 30.9 Å². The van der Waals surface area contributed by atoms with E-state index in [0.717, 1.165) is 37.3 Å². The monoisotopic (exact) mass is 289 g/mol. The molecule has 1 N–H and O–H groups in total. The summed E-state index contributed by atoms with van der Waals surface area (Å²) >= 11 is 0. The SMILES string of the molecule is CCCN(CCC)C(=O)c1ccnc(NC2CCCC2)c1. The number of rotatable bonds is 7. The highest BCUT2D eigenvalue weighted by molar-refractivity contribution is 5.94. The number of hydrogen-bond donors (Lipinski definition) is 1. The lowest BCUT2D eigenvalue weighted by atomic mass is 10.2. The fourth-order valence-corrected chi connectivity index (χ4v) is 2.96.